The Morgan fingerprint density at radius 2 is 1.84 bits per heavy atom. The van der Waals surface area contributed by atoms with E-state index in [4.69, 9.17) is 9.47 Å². The first kappa shape index (κ1) is 17.8. The molecule has 3 rings (SSSR count). The topological polar surface area (TPSA) is 42.0 Å². The van der Waals surface area contributed by atoms with Crippen LogP contribution in [0.15, 0.2) is 24.3 Å². The number of carbonyl (C=O) groups is 1. The molecule has 0 aromatic heterocycles. The summed E-state index contributed by atoms with van der Waals surface area (Å²) in [5.41, 5.74) is -0.742. The maximum Gasteiger partial charge on any atom is 0.416 e. The van der Waals surface area contributed by atoms with Crippen molar-refractivity contribution in [2.75, 3.05) is 26.3 Å². The minimum absolute atomic E-state index is 0.000291. The summed E-state index contributed by atoms with van der Waals surface area (Å²) in [6.45, 7) is 5.62. The van der Waals surface area contributed by atoms with Gasteiger partial charge in [0.05, 0.1) is 44.0 Å². The summed E-state index contributed by atoms with van der Waals surface area (Å²) in [7, 11) is 0. The van der Waals surface area contributed by atoms with E-state index in [0.29, 0.717) is 26.3 Å². The Hall–Kier alpha value is -1.96. The molecular formula is C17H21F3N2O3. The molecule has 2 atom stereocenters. The van der Waals surface area contributed by atoms with Crippen molar-refractivity contribution in [1.82, 2.24) is 9.80 Å². The van der Waals surface area contributed by atoms with Gasteiger partial charge in [0, 0.05) is 0 Å². The van der Waals surface area contributed by atoms with E-state index in [0.717, 1.165) is 12.1 Å². The number of amides is 2. The van der Waals surface area contributed by atoms with Crippen LogP contribution in [0.4, 0.5) is 18.0 Å². The van der Waals surface area contributed by atoms with Gasteiger partial charge in [-0.15, -0.1) is 0 Å². The second kappa shape index (κ2) is 6.74. The van der Waals surface area contributed by atoms with Crippen molar-refractivity contribution in [3.8, 4) is 5.75 Å². The van der Waals surface area contributed by atoms with E-state index in [-0.39, 0.29) is 30.0 Å². The number of likely N-dealkylation sites (tertiary alicyclic amines) is 1. The van der Waals surface area contributed by atoms with Crippen molar-refractivity contribution >= 4 is 6.03 Å². The lowest BCUT2D eigenvalue weighted by molar-refractivity contribution is -0.137. The average molecular weight is 358 g/mol. The van der Waals surface area contributed by atoms with Gasteiger partial charge in [0.1, 0.15) is 11.9 Å². The van der Waals surface area contributed by atoms with Crippen molar-refractivity contribution in [1.29, 1.82) is 0 Å². The Labute approximate surface area is 144 Å². The smallest absolute Gasteiger partial charge is 0.416 e. The Kier molecular flexibility index (Phi) is 4.81. The third-order valence-corrected chi connectivity index (χ3v) is 4.47. The highest BCUT2D eigenvalue weighted by Crippen LogP contribution is 2.32. The fourth-order valence-electron chi connectivity index (χ4n) is 3.15. The summed E-state index contributed by atoms with van der Waals surface area (Å²) in [6.07, 6.45) is -4.69. The number of benzene rings is 1. The fraction of sp³-hybridized carbons (Fsp3) is 0.588. The summed E-state index contributed by atoms with van der Waals surface area (Å²) in [5, 5.41) is 0. The predicted molar refractivity (Wildman–Crippen MR) is 84.4 cm³/mol. The van der Waals surface area contributed by atoms with E-state index in [1.807, 2.05) is 13.8 Å². The Balaban J connectivity index is 1.55. The molecule has 2 saturated heterocycles. The Morgan fingerprint density at radius 3 is 2.44 bits per heavy atom. The standard InChI is InChI=1S/C17H21F3N2O3/c1-11-9-24-10-12(2)22(11)16(23)21-7-15(8-21)25-14-5-3-4-13(6-14)17(18,19)20/h3-6,11-12,15H,7-10H2,1-2H3. The lowest BCUT2D eigenvalue weighted by atomic mass is 10.1. The molecule has 2 fully saturated rings. The van der Waals surface area contributed by atoms with Crippen molar-refractivity contribution in [3.63, 3.8) is 0 Å². The van der Waals surface area contributed by atoms with Crippen molar-refractivity contribution < 1.29 is 27.4 Å². The van der Waals surface area contributed by atoms with E-state index >= 15 is 0 Å². The van der Waals surface area contributed by atoms with E-state index in [9.17, 15) is 18.0 Å². The number of morpholine rings is 1. The first-order valence-electron chi connectivity index (χ1n) is 8.24. The minimum atomic E-state index is -4.40. The van der Waals surface area contributed by atoms with Crippen LogP contribution in [0.1, 0.15) is 19.4 Å². The highest BCUT2D eigenvalue weighted by Gasteiger charge is 2.39. The van der Waals surface area contributed by atoms with Gasteiger partial charge in [0.25, 0.3) is 0 Å². The number of halogens is 3. The zero-order valence-corrected chi connectivity index (χ0v) is 14.1. The van der Waals surface area contributed by atoms with E-state index in [2.05, 4.69) is 0 Å². The molecule has 0 N–H and O–H groups in total. The zero-order valence-electron chi connectivity index (χ0n) is 14.1. The molecule has 2 unspecified atom stereocenters. The quantitative estimate of drug-likeness (QED) is 0.816. The highest BCUT2D eigenvalue weighted by atomic mass is 19.4. The van der Waals surface area contributed by atoms with Gasteiger partial charge in [-0.1, -0.05) is 6.07 Å². The number of rotatable bonds is 2. The maximum atomic E-state index is 12.7. The molecule has 1 aromatic carbocycles. The van der Waals surface area contributed by atoms with Crippen molar-refractivity contribution in [2.45, 2.75) is 38.2 Å². The van der Waals surface area contributed by atoms with Gasteiger partial charge in [0.15, 0.2) is 0 Å². The molecule has 8 heteroatoms. The predicted octanol–water partition coefficient (Wildman–Crippen LogP) is 3.00. The number of ether oxygens (including phenoxy) is 2. The van der Waals surface area contributed by atoms with Crippen molar-refractivity contribution in [3.05, 3.63) is 29.8 Å². The number of carbonyl (C=O) groups excluding carboxylic acids is 1. The van der Waals surface area contributed by atoms with Gasteiger partial charge in [-0.25, -0.2) is 4.79 Å². The first-order valence-corrected chi connectivity index (χ1v) is 8.24. The molecule has 138 valence electrons. The molecule has 2 aliphatic heterocycles. The summed E-state index contributed by atoms with van der Waals surface area (Å²) in [4.78, 5) is 16.0. The van der Waals surface area contributed by atoms with Gasteiger partial charge >= 0.3 is 12.2 Å². The summed E-state index contributed by atoms with van der Waals surface area (Å²) in [5.74, 6) is 0.167. The van der Waals surface area contributed by atoms with E-state index in [1.54, 1.807) is 9.80 Å². The monoisotopic (exact) mass is 358 g/mol. The number of nitrogens with zero attached hydrogens (tertiary/aromatic N) is 2. The minimum Gasteiger partial charge on any atom is -0.487 e. The summed E-state index contributed by atoms with van der Waals surface area (Å²) >= 11 is 0. The zero-order chi connectivity index (χ0) is 18.2. The molecule has 0 saturated carbocycles. The van der Waals surface area contributed by atoms with Gasteiger partial charge in [-0.2, -0.15) is 13.2 Å². The van der Waals surface area contributed by atoms with Crippen LogP contribution >= 0.6 is 0 Å². The highest BCUT2D eigenvalue weighted by molar-refractivity contribution is 5.76. The van der Waals surface area contributed by atoms with Crippen LogP contribution in [0, 0.1) is 0 Å². The van der Waals surface area contributed by atoms with Gasteiger partial charge in [-0.05, 0) is 32.0 Å². The first-order chi connectivity index (χ1) is 11.8. The molecule has 0 spiro atoms. The van der Waals surface area contributed by atoms with Gasteiger partial charge < -0.3 is 19.3 Å². The molecule has 2 amide bonds. The second-order valence-electron chi connectivity index (χ2n) is 6.60. The fourth-order valence-corrected chi connectivity index (χ4v) is 3.15. The Bertz CT molecular complexity index is 622. The van der Waals surface area contributed by atoms with Crippen LogP contribution < -0.4 is 4.74 Å². The molecule has 2 heterocycles. The largest absolute Gasteiger partial charge is 0.487 e. The van der Waals surface area contributed by atoms with Gasteiger partial charge in [0.2, 0.25) is 0 Å². The molecule has 5 nitrogen and oxygen atoms in total. The van der Waals surface area contributed by atoms with E-state index in [1.165, 1.54) is 12.1 Å². The number of alkyl halides is 3. The normalized spacial score (nSPS) is 24.8. The molecule has 0 radical (unpaired) electrons. The SMILES string of the molecule is CC1COCC(C)N1C(=O)N1CC(Oc2cccc(C(F)(F)F)c2)C1. The lowest BCUT2D eigenvalue weighted by Crippen LogP contribution is -2.64. The molecule has 1 aromatic rings. The van der Waals surface area contributed by atoms with Gasteiger partial charge in [-0.3, -0.25) is 0 Å². The number of urea groups is 1. The molecule has 25 heavy (non-hydrogen) atoms. The summed E-state index contributed by atoms with van der Waals surface area (Å²) in [6, 6.07) is 4.72. The van der Waals surface area contributed by atoms with Crippen molar-refractivity contribution in [2.24, 2.45) is 0 Å². The second-order valence-corrected chi connectivity index (χ2v) is 6.60. The summed E-state index contributed by atoms with van der Waals surface area (Å²) < 4.78 is 49.2. The van der Waals surface area contributed by atoms with Crippen LogP contribution in [0.25, 0.3) is 0 Å². The molecule has 2 aliphatic rings. The van der Waals surface area contributed by atoms with Crippen LogP contribution in [0.5, 0.6) is 5.75 Å². The third kappa shape index (κ3) is 3.84. The van der Waals surface area contributed by atoms with Crippen LogP contribution in [-0.4, -0.2) is 60.3 Å². The third-order valence-electron chi connectivity index (χ3n) is 4.47. The number of hydrogen-bond acceptors (Lipinski definition) is 3. The van der Waals surface area contributed by atoms with Crippen LogP contribution in [0.2, 0.25) is 0 Å². The molecule has 0 aliphatic carbocycles. The lowest BCUT2D eigenvalue weighted by Gasteiger charge is -2.46. The van der Waals surface area contributed by atoms with E-state index < -0.39 is 11.7 Å². The molecular weight excluding hydrogens is 337 g/mol. The molecule has 0 bridgehead atoms. The Morgan fingerprint density at radius 1 is 1.20 bits per heavy atom. The number of hydrogen-bond donors (Lipinski definition) is 0. The van der Waals surface area contributed by atoms with Crippen LogP contribution in [-0.2, 0) is 10.9 Å². The maximum absolute atomic E-state index is 12.7. The average Bonchev–Trinajstić information content (AvgIpc) is 2.49. The van der Waals surface area contributed by atoms with Crippen LogP contribution in [0.3, 0.4) is 0 Å².